The molecule has 6 aromatic rings. The Labute approximate surface area is 431 Å². The molecule has 2 aromatic heterocycles. The maximum atomic E-state index is 15.8. The number of nitrogens with zero attached hydrogens (tertiary/aromatic N) is 4. The Hall–Kier alpha value is -5.41. The molecule has 0 bridgehead atoms. The van der Waals surface area contributed by atoms with Gasteiger partial charge in [-0.2, -0.15) is 0 Å². The quantitative estimate of drug-likeness (QED) is 0.115. The van der Waals surface area contributed by atoms with Gasteiger partial charge in [-0.25, -0.2) is 18.7 Å². The highest BCUT2D eigenvalue weighted by Crippen LogP contribution is 2.51. The third-order valence-electron chi connectivity index (χ3n) is 14.8. The zero-order chi connectivity index (χ0) is 51.1. The van der Waals surface area contributed by atoms with Gasteiger partial charge in [-0.05, 0) is 188 Å². The molecule has 72 heavy (non-hydrogen) atoms. The van der Waals surface area contributed by atoms with Gasteiger partial charge in [0.15, 0.2) is 5.78 Å². The number of phenols is 2. The van der Waals surface area contributed by atoms with Crippen LogP contribution in [0.1, 0.15) is 137 Å². The van der Waals surface area contributed by atoms with Crippen LogP contribution >= 0.6 is 23.2 Å². The van der Waals surface area contributed by atoms with Gasteiger partial charge in [-0.15, -0.1) is 0 Å². The molecule has 6 heterocycles. The average Bonchev–Trinajstić information content (AvgIpc) is 4.10. The van der Waals surface area contributed by atoms with E-state index < -0.39 is 35.5 Å². The zero-order valence-corrected chi connectivity index (χ0v) is 44.2. The molecule has 0 aliphatic carbocycles. The molecule has 2 saturated heterocycles. The van der Waals surface area contributed by atoms with E-state index in [1.54, 1.807) is 21.3 Å². The lowest BCUT2D eigenvalue weighted by Gasteiger charge is -2.26. The summed E-state index contributed by atoms with van der Waals surface area (Å²) in [5.74, 6) is -0.670. The molecule has 15 heteroatoms. The number of Topliss-reactive ketones (excluding diaryl/α,β-unsaturated/α-hetero) is 1. The van der Waals surface area contributed by atoms with Crippen LogP contribution in [0.4, 0.5) is 9.59 Å². The Bertz CT molecular complexity index is 2970. The molecule has 2 fully saturated rings. The fourth-order valence-electron chi connectivity index (χ4n) is 11.7. The largest absolute Gasteiger partial charge is 0.506 e. The van der Waals surface area contributed by atoms with E-state index in [-0.39, 0.29) is 40.4 Å². The first kappa shape index (κ1) is 50.1. The van der Waals surface area contributed by atoms with Crippen molar-refractivity contribution in [2.75, 3.05) is 26.2 Å². The van der Waals surface area contributed by atoms with Gasteiger partial charge in [0.05, 0.1) is 44.6 Å². The Morgan fingerprint density at radius 2 is 0.972 bits per heavy atom. The van der Waals surface area contributed by atoms with E-state index in [0.717, 1.165) is 98.0 Å². The second-order valence-electron chi connectivity index (χ2n) is 22.3. The van der Waals surface area contributed by atoms with Crippen LogP contribution in [0.25, 0.3) is 44.3 Å². The summed E-state index contributed by atoms with van der Waals surface area (Å²) in [4.78, 5) is 49.8. The third-order valence-corrected chi connectivity index (χ3v) is 15.7. The Morgan fingerprint density at radius 3 is 1.33 bits per heavy atom. The molecule has 0 amide bonds. The van der Waals surface area contributed by atoms with Crippen LogP contribution in [0.3, 0.4) is 0 Å². The molecular weight excluding hydrogens is 952 g/mol. The first-order chi connectivity index (χ1) is 34.2. The van der Waals surface area contributed by atoms with Gasteiger partial charge >= 0.3 is 12.2 Å². The van der Waals surface area contributed by atoms with Crippen molar-refractivity contribution < 1.29 is 34.1 Å². The van der Waals surface area contributed by atoms with E-state index in [2.05, 4.69) is 44.7 Å². The molecule has 10 rings (SSSR count). The molecule has 0 radical (unpaired) electrons. The van der Waals surface area contributed by atoms with Crippen molar-refractivity contribution in [3.8, 4) is 34.0 Å². The summed E-state index contributed by atoms with van der Waals surface area (Å²) in [5.41, 5.74) is 7.34. The number of piperidine rings is 2. The smallest absolute Gasteiger partial charge is 0.419 e. The topological polar surface area (TPSA) is 151 Å². The number of fused-ring (bicyclic) bond motifs is 4. The molecule has 0 spiro atoms. The van der Waals surface area contributed by atoms with Crippen molar-refractivity contribution in [3.05, 3.63) is 103 Å². The van der Waals surface area contributed by atoms with E-state index in [1.807, 2.05) is 67.5 Å². The number of ketones is 1. The first-order valence-corrected chi connectivity index (χ1v) is 26.2. The average molecular weight is 1020 g/mol. The number of aryl methyl sites for hydroxylation is 2. The SMILES string of the molecule is Cc1c(-c2cc(O)c(Cl)c3c2C(C(=O)C2NCc4c(Cl)c(O)cc(-c5c(C)c6cc(CN7CCCCC7)ccc6n5C(=O)OC(C)(C)C)c42)NC3)n(C(=O)OC(C)(C)C)c2ccc(CN3CCCCC3)cc12. The minimum absolute atomic E-state index is 0.101. The second kappa shape index (κ2) is 19.1. The highest BCUT2D eigenvalue weighted by Gasteiger charge is 2.44. The van der Waals surface area contributed by atoms with Crippen LogP contribution in [0.15, 0.2) is 48.5 Å². The van der Waals surface area contributed by atoms with Crippen molar-refractivity contribution in [1.82, 2.24) is 29.6 Å². The van der Waals surface area contributed by atoms with Gasteiger partial charge < -0.3 is 19.7 Å². The van der Waals surface area contributed by atoms with Crippen molar-refractivity contribution >= 4 is 63.0 Å². The number of benzene rings is 4. The van der Waals surface area contributed by atoms with E-state index in [0.29, 0.717) is 55.8 Å². The number of nitrogens with one attached hydrogen (secondary N) is 2. The van der Waals surface area contributed by atoms with Crippen molar-refractivity contribution in [1.29, 1.82) is 0 Å². The maximum Gasteiger partial charge on any atom is 0.419 e. The van der Waals surface area contributed by atoms with Gasteiger partial charge in [0, 0.05) is 48.1 Å². The number of halogens is 2. The summed E-state index contributed by atoms with van der Waals surface area (Å²) in [6, 6.07) is 13.4. The highest BCUT2D eigenvalue weighted by molar-refractivity contribution is 6.34. The Morgan fingerprint density at radius 1 is 0.597 bits per heavy atom. The molecule has 380 valence electrons. The van der Waals surface area contributed by atoms with Crippen LogP contribution in [0.2, 0.25) is 10.0 Å². The third kappa shape index (κ3) is 9.19. The summed E-state index contributed by atoms with van der Waals surface area (Å²) in [5, 5.41) is 31.9. The standard InChI is InChI=1S/C57H66Cl2N6O7/c1-31-35-23-33(29-62-19-11-9-12-20-62)15-17-41(35)64(54(69)71-56(3,4)5)51(31)37-25-43(66)47(58)39-27-60-49(45(37)39)53(68)50-46-38(26-44(67)48(59)40(46)28-61-50)52-32(2)36-24-34(30-63-21-13-10-14-22-63)16-18-42(36)65(52)55(70)72-57(6,7)8/h15-18,23-26,49-50,60-61,66-67H,9-14,19-22,27-30H2,1-8H3. The summed E-state index contributed by atoms with van der Waals surface area (Å²) in [6.45, 7) is 20.8. The van der Waals surface area contributed by atoms with Crippen molar-refractivity contribution in [2.45, 2.75) is 143 Å². The lowest BCUT2D eigenvalue weighted by Crippen LogP contribution is -2.32. The lowest BCUT2D eigenvalue weighted by molar-refractivity contribution is -0.123. The van der Waals surface area contributed by atoms with Crippen LogP contribution in [0, 0.1) is 13.8 Å². The number of carbonyl (C=O) groups excluding carboxylic acids is 3. The molecule has 0 saturated carbocycles. The van der Waals surface area contributed by atoms with Crippen molar-refractivity contribution in [2.24, 2.45) is 0 Å². The first-order valence-electron chi connectivity index (χ1n) is 25.5. The van der Waals surface area contributed by atoms with E-state index in [4.69, 9.17) is 32.7 Å². The molecule has 2 unspecified atom stereocenters. The summed E-state index contributed by atoms with van der Waals surface area (Å²) < 4.78 is 15.3. The fourth-order valence-corrected chi connectivity index (χ4v) is 12.1. The number of carbonyl (C=O) groups is 3. The number of hydrogen-bond donors (Lipinski definition) is 4. The Kier molecular flexibility index (Phi) is 13.3. The van der Waals surface area contributed by atoms with E-state index in [9.17, 15) is 19.8 Å². The number of aromatic nitrogens is 2. The van der Waals surface area contributed by atoms with Gasteiger partial charge in [0.1, 0.15) is 22.7 Å². The lowest BCUT2D eigenvalue weighted by atomic mass is 9.86. The monoisotopic (exact) mass is 1020 g/mol. The molecule has 13 nitrogen and oxygen atoms in total. The molecule has 4 aliphatic heterocycles. The molecule has 2 atom stereocenters. The van der Waals surface area contributed by atoms with Crippen LogP contribution in [-0.4, -0.2) is 84.5 Å². The summed E-state index contributed by atoms with van der Waals surface area (Å²) in [7, 11) is 0. The minimum Gasteiger partial charge on any atom is -0.506 e. The van der Waals surface area contributed by atoms with E-state index >= 15 is 4.79 Å². The van der Waals surface area contributed by atoms with Gasteiger partial charge in [-0.1, -0.05) is 48.2 Å². The van der Waals surface area contributed by atoms with Crippen LogP contribution < -0.4 is 10.6 Å². The van der Waals surface area contributed by atoms with Crippen LogP contribution in [-0.2, 0) is 40.4 Å². The Balaban J connectivity index is 1.12. The highest BCUT2D eigenvalue weighted by atomic mass is 35.5. The minimum atomic E-state index is -1.01. The van der Waals surface area contributed by atoms with Gasteiger partial charge in [-0.3, -0.25) is 25.2 Å². The molecule has 4 aromatic carbocycles. The van der Waals surface area contributed by atoms with Gasteiger partial charge in [0.25, 0.3) is 0 Å². The second-order valence-corrected chi connectivity index (χ2v) is 23.0. The predicted molar refractivity (Wildman–Crippen MR) is 283 cm³/mol. The summed E-state index contributed by atoms with van der Waals surface area (Å²) in [6.07, 6.45) is 5.90. The van der Waals surface area contributed by atoms with E-state index in [1.165, 1.54) is 12.8 Å². The fraction of sp³-hybridized carbons (Fsp3) is 0.456. The number of hydrogen-bond acceptors (Lipinski definition) is 11. The molecule has 4 aliphatic rings. The number of likely N-dealkylation sites (tertiary alicyclic amines) is 2. The van der Waals surface area contributed by atoms with Gasteiger partial charge in [0.2, 0.25) is 0 Å². The normalized spacial score (nSPS) is 18.8. The number of aromatic hydroxyl groups is 2. The number of ether oxygens (including phenoxy) is 2. The maximum absolute atomic E-state index is 15.8. The molecular formula is C57H66Cl2N6O7. The number of phenolic OH excluding ortho intramolecular Hbond substituents is 2. The zero-order valence-electron chi connectivity index (χ0n) is 42.7. The number of rotatable bonds is 8. The van der Waals surface area contributed by atoms with Crippen LogP contribution in [0.5, 0.6) is 11.5 Å². The molecule has 4 N–H and O–H groups in total. The predicted octanol–water partition coefficient (Wildman–Crippen LogP) is 12.4. The van der Waals surface area contributed by atoms with Crippen molar-refractivity contribution in [3.63, 3.8) is 0 Å². The summed E-state index contributed by atoms with van der Waals surface area (Å²) >= 11 is 13.9.